The maximum Gasteiger partial charge on any atom is 0.336 e. The van der Waals surface area contributed by atoms with Gasteiger partial charge in [0.05, 0.1) is 11.3 Å². The summed E-state index contributed by atoms with van der Waals surface area (Å²) < 4.78 is 0. The Kier molecular flexibility index (Phi) is 7.03. The molecule has 0 bridgehead atoms. The standard InChI is InChI=1S/C29H23Cl2N5O4S/c1-34-28(40)36(23-8-21(30)7-22(31)9-23)27(39)29(34)15-35(12-24-6-19(14-41-24)26(37)38)13-25(29)18-4-2-17(3-5-18)20-10-32-16-33-11-20/h2-11,14,16,25H,12-13,15H2,1H3,(H,37,38)/t25-,29-/m1/s1. The summed E-state index contributed by atoms with van der Waals surface area (Å²) in [5.74, 6) is -1.73. The van der Waals surface area contributed by atoms with Gasteiger partial charge in [0.2, 0.25) is 0 Å². The van der Waals surface area contributed by atoms with Crippen molar-refractivity contribution in [1.82, 2.24) is 19.8 Å². The van der Waals surface area contributed by atoms with Crippen LogP contribution in [0.4, 0.5) is 10.5 Å². The number of amides is 3. The molecular weight excluding hydrogens is 585 g/mol. The smallest absolute Gasteiger partial charge is 0.336 e. The van der Waals surface area contributed by atoms with Crippen LogP contribution in [0, 0.1) is 0 Å². The van der Waals surface area contributed by atoms with Gasteiger partial charge in [-0.15, -0.1) is 11.3 Å². The largest absolute Gasteiger partial charge is 0.478 e. The molecule has 2 aliphatic rings. The minimum absolute atomic E-state index is 0.226. The van der Waals surface area contributed by atoms with Crippen LogP contribution in [0.5, 0.6) is 0 Å². The zero-order valence-corrected chi connectivity index (χ0v) is 24.0. The molecule has 4 heterocycles. The lowest BCUT2D eigenvalue weighted by molar-refractivity contribution is -0.124. The predicted octanol–water partition coefficient (Wildman–Crippen LogP) is 5.65. The topological polar surface area (TPSA) is 107 Å². The Morgan fingerprint density at radius 3 is 2.37 bits per heavy atom. The Labute approximate surface area is 249 Å². The second-order valence-corrected chi connectivity index (χ2v) is 12.0. The average Bonchev–Trinajstić information content (AvgIpc) is 3.63. The van der Waals surface area contributed by atoms with E-state index in [1.807, 2.05) is 24.3 Å². The minimum atomic E-state index is -1.21. The molecule has 41 heavy (non-hydrogen) atoms. The highest BCUT2D eigenvalue weighted by Crippen LogP contribution is 2.47. The van der Waals surface area contributed by atoms with Crippen molar-refractivity contribution in [3.63, 3.8) is 0 Å². The number of hydrogen-bond donors (Lipinski definition) is 1. The van der Waals surface area contributed by atoms with Gasteiger partial charge in [-0.25, -0.2) is 24.5 Å². The van der Waals surface area contributed by atoms with Crippen molar-refractivity contribution in [2.45, 2.75) is 18.0 Å². The molecule has 2 saturated heterocycles. The van der Waals surface area contributed by atoms with Gasteiger partial charge in [0.15, 0.2) is 0 Å². The van der Waals surface area contributed by atoms with Gasteiger partial charge < -0.3 is 10.0 Å². The van der Waals surface area contributed by atoms with Crippen LogP contribution >= 0.6 is 34.5 Å². The fraction of sp³-hybridized carbons (Fsp3) is 0.207. The van der Waals surface area contributed by atoms with E-state index in [2.05, 4.69) is 14.9 Å². The number of likely N-dealkylation sites (tertiary alicyclic amines) is 1. The minimum Gasteiger partial charge on any atom is -0.478 e. The van der Waals surface area contributed by atoms with Crippen molar-refractivity contribution >= 4 is 58.1 Å². The SMILES string of the molecule is CN1C(=O)N(c2cc(Cl)cc(Cl)c2)C(=O)[C@]12CN(Cc1cc(C(=O)O)cs1)C[C@@H]2c1ccc(-c2cncnc2)cc1. The molecule has 1 N–H and O–H groups in total. The van der Waals surface area contributed by atoms with Gasteiger partial charge in [0, 0.05) is 70.9 Å². The summed E-state index contributed by atoms with van der Waals surface area (Å²) in [7, 11) is 1.65. The number of urea groups is 1. The number of anilines is 1. The first-order chi connectivity index (χ1) is 19.7. The normalized spacial score (nSPS) is 20.9. The third kappa shape index (κ3) is 4.76. The molecule has 0 unspecified atom stereocenters. The third-order valence-electron chi connectivity index (χ3n) is 7.72. The van der Waals surface area contributed by atoms with E-state index >= 15 is 0 Å². The number of imide groups is 1. The van der Waals surface area contributed by atoms with Crippen LogP contribution in [-0.2, 0) is 11.3 Å². The number of rotatable bonds is 6. The average molecular weight is 609 g/mol. The lowest BCUT2D eigenvalue weighted by Gasteiger charge is -2.34. The molecule has 1 spiro atoms. The number of carboxylic acids is 1. The van der Waals surface area contributed by atoms with Crippen LogP contribution in [0.1, 0.15) is 26.7 Å². The number of nitrogens with zero attached hydrogens (tertiary/aromatic N) is 5. The maximum absolute atomic E-state index is 14.4. The van der Waals surface area contributed by atoms with Crippen LogP contribution in [0.3, 0.4) is 0 Å². The number of likely N-dealkylation sites (N-methyl/N-ethyl adjacent to an activating group) is 1. The fourth-order valence-corrected chi connectivity index (χ4v) is 7.19. The van der Waals surface area contributed by atoms with E-state index in [0.717, 1.165) is 26.5 Å². The Morgan fingerprint density at radius 1 is 1.05 bits per heavy atom. The summed E-state index contributed by atoms with van der Waals surface area (Å²) >= 11 is 13.8. The maximum atomic E-state index is 14.4. The van der Waals surface area contributed by atoms with E-state index < -0.39 is 17.5 Å². The van der Waals surface area contributed by atoms with Crippen LogP contribution in [0.2, 0.25) is 10.0 Å². The van der Waals surface area contributed by atoms with Crippen molar-refractivity contribution in [2.24, 2.45) is 0 Å². The zero-order valence-electron chi connectivity index (χ0n) is 21.7. The molecule has 3 amide bonds. The number of aromatic carboxylic acids is 1. The Hall–Kier alpha value is -3.83. The van der Waals surface area contributed by atoms with Crippen molar-refractivity contribution in [3.8, 4) is 11.1 Å². The number of halogens is 2. The Balaban J connectivity index is 1.40. The highest BCUT2D eigenvalue weighted by molar-refractivity contribution is 7.10. The quantitative estimate of drug-likeness (QED) is 0.282. The monoisotopic (exact) mass is 607 g/mol. The third-order valence-corrected chi connectivity index (χ3v) is 9.08. The summed E-state index contributed by atoms with van der Waals surface area (Å²) in [4.78, 5) is 53.3. The number of aromatic nitrogens is 2. The molecule has 2 aromatic heterocycles. The Morgan fingerprint density at radius 2 is 1.73 bits per heavy atom. The summed E-state index contributed by atoms with van der Waals surface area (Å²) in [5, 5.41) is 11.6. The van der Waals surface area contributed by atoms with Gasteiger partial charge in [-0.2, -0.15) is 0 Å². The van der Waals surface area contributed by atoms with Crippen LogP contribution in [0.25, 0.3) is 11.1 Å². The lowest BCUT2D eigenvalue weighted by atomic mass is 9.80. The number of carboxylic acid groups (broad SMARTS) is 1. The molecule has 0 saturated carbocycles. The number of thiophene rings is 1. The zero-order chi connectivity index (χ0) is 28.9. The van der Waals surface area contributed by atoms with Crippen molar-refractivity contribution in [2.75, 3.05) is 25.0 Å². The first-order valence-corrected chi connectivity index (χ1v) is 14.3. The summed E-state index contributed by atoms with van der Waals surface area (Å²) in [6, 6.07) is 13.7. The summed E-state index contributed by atoms with van der Waals surface area (Å²) in [6.45, 7) is 1.17. The second-order valence-electron chi connectivity index (χ2n) is 10.1. The van der Waals surface area contributed by atoms with Gasteiger partial charge in [0.25, 0.3) is 5.91 Å². The second kappa shape index (κ2) is 10.5. The van der Waals surface area contributed by atoms with E-state index in [1.54, 1.807) is 49.1 Å². The van der Waals surface area contributed by atoms with Crippen molar-refractivity contribution < 1.29 is 19.5 Å². The molecule has 6 rings (SSSR count). The van der Waals surface area contributed by atoms with Gasteiger partial charge in [-0.05, 0) is 35.4 Å². The first kappa shape index (κ1) is 27.3. The molecule has 2 fully saturated rings. The summed E-state index contributed by atoms with van der Waals surface area (Å²) in [6.07, 6.45) is 4.93. The van der Waals surface area contributed by atoms with Crippen LogP contribution < -0.4 is 4.90 Å². The van der Waals surface area contributed by atoms with Gasteiger partial charge in [-0.3, -0.25) is 9.69 Å². The van der Waals surface area contributed by atoms with E-state index in [9.17, 15) is 19.5 Å². The number of carbonyl (C=O) groups is 3. The number of benzene rings is 2. The molecule has 9 nitrogen and oxygen atoms in total. The lowest BCUT2D eigenvalue weighted by Crippen LogP contribution is -2.53. The number of hydrogen-bond acceptors (Lipinski definition) is 7. The van der Waals surface area contributed by atoms with E-state index in [-0.39, 0.29) is 23.9 Å². The van der Waals surface area contributed by atoms with Crippen LogP contribution in [-0.4, -0.2) is 68.5 Å². The highest BCUT2D eigenvalue weighted by Gasteiger charge is 2.64. The first-order valence-electron chi connectivity index (χ1n) is 12.6. The molecular formula is C29H23Cl2N5O4S. The van der Waals surface area contributed by atoms with E-state index in [0.29, 0.717) is 28.8 Å². The highest BCUT2D eigenvalue weighted by atomic mass is 35.5. The van der Waals surface area contributed by atoms with Gasteiger partial charge >= 0.3 is 12.0 Å². The van der Waals surface area contributed by atoms with Crippen molar-refractivity contribution in [3.05, 3.63) is 98.7 Å². The predicted molar refractivity (Wildman–Crippen MR) is 157 cm³/mol. The van der Waals surface area contributed by atoms with Crippen LogP contribution in [0.15, 0.2) is 72.6 Å². The summed E-state index contributed by atoms with van der Waals surface area (Å²) in [5.41, 5.74) is 2.00. The van der Waals surface area contributed by atoms with E-state index in [1.165, 1.54) is 22.6 Å². The Bertz CT molecular complexity index is 1650. The molecule has 4 aromatic rings. The molecule has 208 valence electrons. The fourth-order valence-electron chi connectivity index (χ4n) is 5.78. The molecule has 2 atom stereocenters. The van der Waals surface area contributed by atoms with Gasteiger partial charge in [0.1, 0.15) is 11.9 Å². The molecule has 2 aliphatic heterocycles. The van der Waals surface area contributed by atoms with Crippen molar-refractivity contribution in [1.29, 1.82) is 0 Å². The number of carbonyl (C=O) groups excluding carboxylic acids is 2. The molecule has 2 aromatic carbocycles. The van der Waals surface area contributed by atoms with E-state index in [4.69, 9.17) is 23.2 Å². The van der Waals surface area contributed by atoms with Gasteiger partial charge in [-0.1, -0.05) is 47.5 Å². The molecule has 0 radical (unpaired) electrons. The molecule has 0 aliphatic carbocycles. The molecule has 12 heteroatoms.